The third-order valence-corrected chi connectivity index (χ3v) is 2.68. The molecule has 0 aliphatic rings. The summed E-state index contributed by atoms with van der Waals surface area (Å²) in [5.74, 6) is 0.177. The number of Topliss-reactive ketones (excluding diaryl/α,β-unsaturated/α-hetero) is 1. The Morgan fingerprint density at radius 3 is 2.88 bits per heavy atom. The van der Waals surface area contributed by atoms with Crippen LogP contribution in [0.3, 0.4) is 0 Å². The molecular weight excluding hydrogens is 212 g/mol. The zero-order chi connectivity index (χ0) is 12.3. The van der Waals surface area contributed by atoms with Gasteiger partial charge in [0.25, 0.3) is 0 Å². The number of aromatic nitrogens is 1. The highest BCUT2D eigenvalue weighted by atomic mass is 16.1. The maximum atomic E-state index is 11.8. The van der Waals surface area contributed by atoms with Crippen LogP contribution in [0.5, 0.6) is 0 Å². The summed E-state index contributed by atoms with van der Waals surface area (Å²) in [4.78, 5) is 16.0. The molecule has 1 unspecified atom stereocenters. The van der Waals surface area contributed by atoms with Crippen LogP contribution in [-0.4, -0.2) is 16.8 Å². The minimum atomic E-state index is -0.0735. The van der Waals surface area contributed by atoms with Crippen molar-refractivity contribution in [2.24, 2.45) is 5.73 Å². The summed E-state index contributed by atoms with van der Waals surface area (Å²) in [5, 5.41) is 1.05. The molecule has 3 nitrogen and oxygen atoms in total. The van der Waals surface area contributed by atoms with E-state index in [0.717, 1.165) is 16.5 Å². The first-order valence-electron chi connectivity index (χ1n) is 5.76. The average molecular weight is 228 g/mol. The van der Waals surface area contributed by atoms with Crippen LogP contribution in [-0.2, 0) is 11.2 Å². The zero-order valence-corrected chi connectivity index (χ0v) is 9.89. The Morgan fingerprint density at radius 1 is 1.35 bits per heavy atom. The molecule has 1 aromatic carbocycles. The van der Waals surface area contributed by atoms with Crippen molar-refractivity contribution >= 4 is 16.7 Å². The van der Waals surface area contributed by atoms with E-state index >= 15 is 0 Å². The number of hydrogen-bond donors (Lipinski definition) is 1. The molecule has 0 radical (unpaired) electrons. The highest BCUT2D eigenvalue weighted by Gasteiger charge is 2.09. The molecular formula is C14H16N2O. The highest BCUT2D eigenvalue weighted by Crippen LogP contribution is 2.17. The molecule has 0 spiro atoms. The molecule has 1 aromatic heterocycles. The second-order valence-electron chi connectivity index (χ2n) is 4.38. The lowest BCUT2D eigenvalue weighted by atomic mass is 10.0. The fourth-order valence-electron chi connectivity index (χ4n) is 1.95. The van der Waals surface area contributed by atoms with Gasteiger partial charge in [0.1, 0.15) is 5.78 Å². The predicted molar refractivity (Wildman–Crippen MR) is 68.7 cm³/mol. The fourth-order valence-corrected chi connectivity index (χ4v) is 1.95. The second kappa shape index (κ2) is 5.06. The molecule has 1 heterocycles. The van der Waals surface area contributed by atoms with Crippen LogP contribution in [0.1, 0.15) is 18.9 Å². The quantitative estimate of drug-likeness (QED) is 0.871. The van der Waals surface area contributed by atoms with Crippen molar-refractivity contribution in [1.29, 1.82) is 0 Å². The fraction of sp³-hybridized carbons (Fsp3) is 0.286. The average Bonchev–Trinajstić information content (AvgIpc) is 2.28. The number of fused-ring (bicyclic) bond motifs is 1. The number of pyridine rings is 1. The molecule has 0 aliphatic carbocycles. The molecule has 2 aromatic rings. The molecule has 0 fully saturated rings. The summed E-state index contributed by atoms with van der Waals surface area (Å²) >= 11 is 0. The molecule has 17 heavy (non-hydrogen) atoms. The van der Waals surface area contributed by atoms with Crippen LogP contribution >= 0.6 is 0 Å². The van der Waals surface area contributed by atoms with Gasteiger partial charge >= 0.3 is 0 Å². The summed E-state index contributed by atoms with van der Waals surface area (Å²) in [6.07, 6.45) is 2.61. The Morgan fingerprint density at radius 2 is 2.12 bits per heavy atom. The third kappa shape index (κ3) is 2.88. The molecule has 0 saturated carbocycles. The van der Waals surface area contributed by atoms with Crippen molar-refractivity contribution in [2.45, 2.75) is 25.8 Å². The summed E-state index contributed by atoms with van der Waals surface area (Å²) in [6, 6.07) is 9.69. The maximum Gasteiger partial charge on any atom is 0.138 e. The molecule has 0 aliphatic heterocycles. The summed E-state index contributed by atoms with van der Waals surface area (Å²) in [7, 11) is 0. The van der Waals surface area contributed by atoms with E-state index in [1.165, 1.54) is 0 Å². The van der Waals surface area contributed by atoms with Gasteiger partial charge in [-0.3, -0.25) is 9.78 Å². The number of nitrogens with zero attached hydrogens (tertiary/aromatic N) is 1. The van der Waals surface area contributed by atoms with Gasteiger partial charge in [-0.15, -0.1) is 0 Å². The van der Waals surface area contributed by atoms with Crippen LogP contribution in [0.25, 0.3) is 10.9 Å². The van der Waals surface area contributed by atoms with E-state index in [9.17, 15) is 4.79 Å². The molecule has 2 N–H and O–H groups in total. The third-order valence-electron chi connectivity index (χ3n) is 2.68. The number of carbonyl (C=O) groups excluding carboxylic acids is 1. The first-order valence-corrected chi connectivity index (χ1v) is 5.76. The van der Waals surface area contributed by atoms with Crippen LogP contribution in [0, 0.1) is 0 Å². The number of ketones is 1. The van der Waals surface area contributed by atoms with Gasteiger partial charge in [0.15, 0.2) is 0 Å². The van der Waals surface area contributed by atoms with Gasteiger partial charge < -0.3 is 5.73 Å². The first-order chi connectivity index (χ1) is 8.16. The second-order valence-corrected chi connectivity index (χ2v) is 4.38. The standard InChI is InChI=1S/C14H16N2O/c1-10(15)8-12(17)9-11-6-7-16-14-5-3-2-4-13(11)14/h2-7,10H,8-9,15H2,1H3. The van der Waals surface area contributed by atoms with Crippen molar-refractivity contribution in [1.82, 2.24) is 4.98 Å². The van der Waals surface area contributed by atoms with Gasteiger partial charge in [-0.1, -0.05) is 18.2 Å². The Bertz CT molecular complexity index is 529. The summed E-state index contributed by atoms with van der Waals surface area (Å²) in [6.45, 7) is 1.85. The Balaban J connectivity index is 2.27. The number of carbonyl (C=O) groups is 1. The van der Waals surface area contributed by atoms with Crippen molar-refractivity contribution in [3.63, 3.8) is 0 Å². The molecule has 1 atom stereocenters. The van der Waals surface area contributed by atoms with Gasteiger partial charge in [-0.05, 0) is 24.6 Å². The van der Waals surface area contributed by atoms with Crippen molar-refractivity contribution in [3.8, 4) is 0 Å². The van der Waals surface area contributed by atoms with Crippen LogP contribution in [0.4, 0.5) is 0 Å². The first kappa shape index (κ1) is 11.7. The van der Waals surface area contributed by atoms with Gasteiger partial charge in [-0.25, -0.2) is 0 Å². The number of rotatable bonds is 4. The number of nitrogens with two attached hydrogens (primary N) is 1. The summed E-state index contributed by atoms with van der Waals surface area (Å²) in [5.41, 5.74) is 7.58. The van der Waals surface area contributed by atoms with Crippen LogP contribution in [0.2, 0.25) is 0 Å². The highest BCUT2D eigenvalue weighted by molar-refractivity contribution is 5.89. The monoisotopic (exact) mass is 228 g/mol. The van der Waals surface area contributed by atoms with E-state index < -0.39 is 0 Å². The van der Waals surface area contributed by atoms with Crippen LogP contribution < -0.4 is 5.73 Å². The van der Waals surface area contributed by atoms with E-state index in [2.05, 4.69) is 4.98 Å². The van der Waals surface area contributed by atoms with E-state index in [-0.39, 0.29) is 11.8 Å². The normalized spacial score (nSPS) is 12.6. The predicted octanol–water partition coefficient (Wildman–Crippen LogP) is 2.08. The van der Waals surface area contributed by atoms with Gasteiger partial charge in [0.05, 0.1) is 5.52 Å². The Kier molecular flexibility index (Phi) is 3.49. The minimum Gasteiger partial charge on any atom is -0.328 e. The zero-order valence-electron chi connectivity index (χ0n) is 9.89. The number of para-hydroxylation sites is 1. The maximum absolute atomic E-state index is 11.8. The topological polar surface area (TPSA) is 56.0 Å². The Labute approximate surface area is 101 Å². The van der Waals surface area contributed by atoms with Crippen molar-refractivity contribution in [3.05, 3.63) is 42.1 Å². The lowest BCUT2D eigenvalue weighted by molar-refractivity contribution is -0.118. The molecule has 0 saturated heterocycles. The molecule has 2 rings (SSSR count). The summed E-state index contributed by atoms with van der Waals surface area (Å²) < 4.78 is 0. The lowest BCUT2D eigenvalue weighted by Gasteiger charge is -2.06. The van der Waals surface area contributed by atoms with E-state index in [1.807, 2.05) is 37.3 Å². The van der Waals surface area contributed by atoms with Crippen molar-refractivity contribution in [2.75, 3.05) is 0 Å². The minimum absolute atomic E-state index is 0.0735. The molecule has 3 heteroatoms. The van der Waals surface area contributed by atoms with E-state index in [0.29, 0.717) is 12.8 Å². The molecule has 0 bridgehead atoms. The van der Waals surface area contributed by atoms with E-state index in [4.69, 9.17) is 5.73 Å². The Hall–Kier alpha value is -1.74. The molecule has 88 valence electrons. The van der Waals surface area contributed by atoms with Gasteiger partial charge in [0.2, 0.25) is 0 Å². The smallest absolute Gasteiger partial charge is 0.138 e. The largest absolute Gasteiger partial charge is 0.328 e. The van der Waals surface area contributed by atoms with E-state index in [1.54, 1.807) is 6.20 Å². The number of hydrogen-bond acceptors (Lipinski definition) is 3. The SMILES string of the molecule is CC(N)CC(=O)Cc1ccnc2ccccc12. The van der Waals surface area contributed by atoms with Gasteiger partial charge in [0, 0.05) is 30.5 Å². The lowest BCUT2D eigenvalue weighted by Crippen LogP contribution is -2.20. The van der Waals surface area contributed by atoms with Crippen molar-refractivity contribution < 1.29 is 4.79 Å². The van der Waals surface area contributed by atoms with Gasteiger partial charge in [-0.2, -0.15) is 0 Å². The number of benzene rings is 1. The van der Waals surface area contributed by atoms with Crippen LogP contribution in [0.15, 0.2) is 36.5 Å². The molecule has 0 amide bonds.